The average molecular weight is 496 g/mol. The van der Waals surface area contributed by atoms with Gasteiger partial charge in [0, 0.05) is 6.04 Å². The molecule has 2 aromatic rings. The van der Waals surface area contributed by atoms with Gasteiger partial charge in [-0.25, -0.2) is 17.9 Å². The van der Waals surface area contributed by atoms with Crippen LogP contribution in [0.2, 0.25) is 5.02 Å². The molecule has 0 amide bonds. The maximum atomic E-state index is 13.0. The molecule has 0 aliphatic carbocycles. The largest absolute Gasteiger partial charge is 0.493 e. The first kappa shape index (κ1) is 25.8. The van der Waals surface area contributed by atoms with Crippen molar-refractivity contribution in [1.29, 1.82) is 0 Å². The highest BCUT2D eigenvalue weighted by Crippen LogP contribution is 2.34. The second-order valence-corrected chi connectivity index (χ2v) is 8.58. The fraction of sp³-hybridized carbons (Fsp3) is 0.350. The van der Waals surface area contributed by atoms with E-state index in [1.165, 1.54) is 32.2 Å². The summed E-state index contributed by atoms with van der Waals surface area (Å²) < 4.78 is 82.0. The molecule has 0 heterocycles. The monoisotopic (exact) mass is 495 g/mol. The maximum absolute atomic E-state index is 13.0. The summed E-state index contributed by atoms with van der Waals surface area (Å²) >= 11 is 5.85. The number of alkyl halides is 3. The molecule has 0 fully saturated rings. The van der Waals surface area contributed by atoms with Crippen molar-refractivity contribution in [1.82, 2.24) is 4.72 Å². The van der Waals surface area contributed by atoms with Crippen molar-refractivity contribution in [3.63, 3.8) is 0 Å². The quantitative estimate of drug-likeness (QED) is 0.520. The lowest BCUT2D eigenvalue weighted by Crippen LogP contribution is -2.27. The van der Waals surface area contributed by atoms with Crippen molar-refractivity contribution in [2.75, 3.05) is 20.3 Å². The van der Waals surface area contributed by atoms with Crippen molar-refractivity contribution in [2.45, 2.75) is 31.0 Å². The Morgan fingerprint density at radius 2 is 1.84 bits per heavy atom. The minimum absolute atomic E-state index is 0.200. The zero-order valence-electron chi connectivity index (χ0n) is 17.3. The van der Waals surface area contributed by atoms with Crippen LogP contribution in [-0.4, -0.2) is 34.7 Å². The smallest absolute Gasteiger partial charge is 0.416 e. The molecule has 2 rings (SSSR count). The van der Waals surface area contributed by atoms with Crippen LogP contribution in [0.25, 0.3) is 0 Å². The normalized spacial score (nSPS) is 12.8. The van der Waals surface area contributed by atoms with Crippen LogP contribution in [0.15, 0.2) is 41.3 Å². The first-order valence-corrected chi connectivity index (χ1v) is 11.1. The van der Waals surface area contributed by atoms with Crippen LogP contribution in [0.4, 0.5) is 13.2 Å². The van der Waals surface area contributed by atoms with E-state index in [1.54, 1.807) is 6.92 Å². The van der Waals surface area contributed by atoms with Gasteiger partial charge in [0.15, 0.2) is 18.1 Å². The second kappa shape index (κ2) is 10.4. The van der Waals surface area contributed by atoms with Crippen LogP contribution in [-0.2, 0) is 25.7 Å². The number of rotatable bonds is 9. The van der Waals surface area contributed by atoms with Gasteiger partial charge in [-0.15, -0.1) is 0 Å². The number of hydrogen-bond acceptors (Lipinski definition) is 6. The number of carbonyl (C=O) groups excluding carboxylic acids is 1. The van der Waals surface area contributed by atoms with Crippen molar-refractivity contribution in [3.05, 3.63) is 52.5 Å². The van der Waals surface area contributed by atoms with Crippen molar-refractivity contribution in [3.8, 4) is 11.5 Å². The molecule has 0 bridgehead atoms. The summed E-state index contributed by atoms with van der Waals surface area (Å²) in [4.78, 5) is 10.8. The summed E-state index contributed by atoms with van der Waals surface area (Å²) in [6, 6.07) is 5.65. The molecule has 0 aromatic heterocycles. The van der Waals surface area contributed by atoms with Gasteiger partial charge in [0.1, 0.15) is 4.90 Å². The second-order valence-electron chi connectivity index (χ2n) is 6.49. The lowest BCUT2D eigenvalue weighted by Gasteiger charge is -2.18. The zero-order valence-corrected chi connectivity index (χ0v) is 18.9. The SMILES string of the molecule is CCOC(=O)COc1ccc(C(C)NS(=O)(=O)c2cc(C(F)(F)F)ccc2Cl)cc1OC. The number of ether oxygens (including phenoxy) is 3. The molecule has 176 valence electrons. The van der Waals surface area contributed by atoms with Crippen LogP contribution >= 0.6 is 11.6 Å². The van der Waals surface area contributed by atoms with E-state index in [0.29, 0.717) is 17.7 Å². The van der Waals surface area contributed by atoms with E-state index in [4.69, 9.17) is 25.8 Å². The highest BCUT2D eigenvalue weighted by molar-refractivity contribution is 7.89. The van der Waals surface area contributed by atoms with Crippen LogP contribution in [0.5, 0.6) is 11.5 Å². The summed E-state index contributed by atoms with van der Waals surface area (Å²) in [6.07, 6.45) is -4.73. The third-order valence-corrected chi connectivity index (χ3v) is 6.24. The number of nitrogens with one attached hydrogen (secondary N) is 1. The van der Waals surface area contributed by atoms with E-state index in [9.17, 15) is 26.4 Å². The highest BCUT2D eigenvalue weighted by atomic mass is 35.5. The third kappa shape index (κ3) is 6.50. The molecule has 0 saturated carbocycles. The number of esters is 1. The summed E-state index contributed by atoms with van der Waals surface area (Å²) in [5.74, 6) is -0.132. The van der Waals surface area contributed by atoms with E-state index in [2.05, 4.69) is 4.72 Å². The topological polar surface area (TPSA) is 90.9 Å². The molecule has 0 radical (unpaired) electrons. The Morgan fingerprint density at radius 1 is 1.16 bits per heavy atom. The lowest BCUT2D eigenvalue weighted by atomic mass is 10.1. The van der Waals surface area contributed by atoms with Crippen LogP contribution in [0, 0.1) is 0 Å². The van der Waals surface area contributed by atoms with E-state index in [1.807, 2.05) is 0 Å². The molecule has 32 heavy (non-hydrogen) atoms. The number of hydrogen-bond donors (Lipinski definition) is 1. The summed E-state index contributed by atoms with van der Waals surface area (Å²) in [6.45, 7) is 3.00. The molecule has 1 N–H and O–H groups in total. The Hall–Kier alpha value is -2.50. The fourth-order valence-electron chi connectivity index (χ4n) is 2.66. The Kier molecular flexibility index (Phi) is 8.38. The molecule has 1 atom stereocenters. The Labute approximate surface area is 188 Å². The number of benzene rings is 2. The first-order chi connectivity index (χ1) is 14.9. The molecular weight excluding hydrogens is 475 g/mol. The van der Waals surface area contributed by atoms with E-state index in [0.717, 1.165) is 6.07 Å². The van der Waals surface area contributed by atoms with Crippen LogP contribution in [0.1, 0.15) is 31.0 Å². The Morgan fingerprint density at radius 3 is 2.44 bits per heavy atom. The predicted molar refractivity (Wildman–Crippen MR) is 110 cm³/mol. The average Bonchev–Trinajstić information content (AvgIpc) is 2.71. The number of halogens is 4. The maximum Gasteiger partial charge on any atom is 0.416 e. The number of sulfonamides is 1. The fourth-order valence-corrected chi connectivity index (χ4v) is 4.42. The Bertz CT molecular complexity index is 1080. The highest BCUT2D eigenvalue weighted by Gasteiger charge is 2.33. The van der Waals surface area contributed by atoms with Gasteiger partial charge in [0.2, 0.25) is 10.0 Å². The summed E-state index contributed by atoms with van der Waals surface area (Å²) in [5, 5.41) is -0.349. The standard InChI is InChI=1S/C20H21ClF3NO6S/c1-4-30-19(26)11-31-16-8-5-13(9-17(16)29-3)12(2)25-32(27,28)18-10-14(20(22,23)24)6-7-15(18)21/h5-10,12,25H,4,11H2,1-3H3. The van der Waals surface area contributed by atoms with Crippen molar-refractivity contribution >= 4 is 27.6 Å². The molecule has 0 saturated heterocycles. The van der Waals surface area contributed by atoms with E-state index < -0.39 is 38.7 Å². The number of carbonyl (C=O) groups is 1. The minimum Gasteiger partial charge on any atom is -0.493 e. The molecule has 1 unspecified atom stereocenters. The molecule has 0 aliphatic rings. The van der Waals surface area contributed by atoms with Gasteiger partial charge < -0.3 is 14.2 Å². The molecule has 2 aromatic carbocycles. The summed E-state index contributed by atoms with van der Waals surface area (Å²) in [5.41, 5.74) is -0.711. The summed E-state index contributed by atoms with van der Waals surface area (Å²) in [7, 11) is -3.04. The third-order valence-electron chi connectivity index (χ3n) is 4.22. The zero-order chi connectivity index (χ0) is 24.1. The molecule has 7 nitrogen and oxygen atoms in total. The van der Waals surface area contributed by atoms with Gasteiger partial charge in [0.25, 0.3) is 0 Å². The molecule has 0 aliphatic heterocycles. The number of methoxy groups -OCH3 is 1. The predicted octanol–water partition coefficient (Wildman–Crippen LogP) is 4.35. The first-order valence-electron chi connectivity index (χ1n) is 9.24. The van der Waals surface area contributed by atoms with Crippen LogP contribution < -0.4 is 14.2 Å². The van der Waals surface area contributed by atoms with Crippen molar-refractivity contribution < 1.29 is 40.6 Å². The van der Waals surface area contributed by atoms with Gasteiger partial charge in [-0.2, -0.15) is 13.2 Å². The van der Waals surface area contributed by atoms with E-state index in [-0.39, 0.29) is 29.7 Å². The van der Waals surface area contributed by atoms with Crippen LogP contribution in [0.3, 0.4) is 0 Å². The molecule has 12 heteroatoms. The Balaban J connectivity index is 2.25. The van der Waals surface area contributed by atoms with Gasteiger partial charge >= 0.3 is 12.1 Å². The van der Waals surface area contributed by atoms with Gasteiger partial charge in [-0.05, 0) is 49.7 Å². The van der Waals surface area contributed by atoms with Gasteiger partial charge in [-0.3, -0.25) is 0 Å². The molecular formula is C20H21ClF3NO6S. The molecule has 0 spiro atoms. The van der Waals surface area contributed by atoms with Gasteiger partial charge in [0.05, 0.1) is 24.3 Å². The van der Waals surface area contributed by atoms with E-state index >= 15 is 0 Å². The lowest BCUT2D eigenvalue weighted by molar-refractivity contribution is -0.145. The van der Waals surface area contributed by atoms with Gasteiger partial charge in [-0.1, -0.05) is 17.7 Å². The minimum atomic E-state index is -4.73. The van der Waals surface area contributed by atoms with Crippen molar-refractivity contribution in [2.24, 2.45) is 0 Å².